The van der Waals surface area contributed by atoms with Gasteiger partial charge in [0.05, 0.1) is 11.4 Å². The molecule has 0 saturated heterocycles. The molecule has 0 saturated carbocycles. The van der Waals surface area contributed by atoms with Crippen LogP contribution >= 0.6 is 12.4 Å². The maximum Gasteiger partial charge on any atom is 0.257 e. The summed E-state index contributed by atoms with van der Waals surface area (Å²) in [6, 6.07) is 4.02. The van der Waals surface area contributed by atoms with E-state index in [1.807, 2.05) is 10.7 Å². The lowest BCUT2D eigenvalue weighted by Gasteiger charge is -2.11. The molecular weight excluding hydrogens is 300 g/mol. The average Bonchev–Trinajstić information content (AvgIpc) is 2.98. The van der Waals surface area contributed by atoms with Crippen molar-refractivity contribution in [2.24, 2.45) is 0 Å². The fraction of sp³-hybridized carbons (Fsp3) is 0.538. The lowest BCUT2D eigenvalue weighted by molar-refractivity contribution is 0.121. The molecule has 2 aromatic heterocycles. The van der Waals surface area contributed by atoms with Gasteiger partial charge in [-0.25, -0.2) is 8.78 Å². The van der Waals surface area contributed by atoms with Gasteiger partial charge in [0.1, 0.15) is 6.54 Å². The van der Waals surface area contributed by atoms with E-state index in [9.17, 15) is 8.78 Å². The van der Waals surface area contributed by atoms with Crippen LogP contribution in [0.4, 0.5) is 8.78 Å². The van der Waals surface area contributed by atoms with Crippen LogP contribution in [0.2, 0.25) is 0 Å². The Morgan fingerprint density at radius 2 is 2.00 bits per heavy atom. The predicted molar refractivity (Wildman–Crippen MR) is 78.6 cm³/mol. The van der Waals surface area contributed by atoms with Crippen molar-refractivity contribution in [3.8, 4) is 0 Å². The summed E-state index contributed by atoms with van der Waals surface area (Å²) in [5.41, 5.74) is 1.84. The highest BCUT2D eigenvalue weighted by atomic mass is 35.5. The van der Waals surface area contributed by atoms with E-state index in [0.29, 0.717) is 19.1 Å². The Morgan fingerprint density at radius 3 is 2.67 bits per heavy atom. The van der Waals surface area contributed by atoms with Crippen molar-refractivity contribution in [2.45, 2.75) is 45.9 Å². The SMILES string of the molecule is CC(C)n1nccc1CNCc1ccn(CC(F)F)n1.Cl. The number of nitrogens with one attached hydrogen (secondary N) is 1. The van der Waals surface area contributed by atoms with E-state index in [4.69, 9.17) is 0 Å². The smallest absolute Gasteiger partial charge is 0.257 e. The van der Waals surface area contributed by atoms with Crippen LogP contribution < -0.4 is 5.32 Å². The summed E-state index contributed by atoms with van der Waals surface area (Å²) in [7, 11) is 0. The van der Waals surface area contributed by atoms with Crippen molar-refractivity contribution < 1.29 is 8.78 Å². The minimum Gasteiger partial charge on any atom is -0.305 e. The Hall–Kier alpha value is -1.47. The standard InChI is InChI=1S/C13H19F2N5.ClH/c1-10(2)20-12(3-5-17-20)8-16-7-11-4-6-19(18-11)9-13(14)15;/h3-6,10,13,16H,7-9H2,1-2H3;1H. The summed E-state index contributed by atoms with van der Waals surface area (Å²) in [4.78, 5) is 0. The summed E-state index contributed by atoms with van der Waals surface area (Å²) in [6.07, 6.45) is 0.965. The first-order valence-corrected chi connectivity index (χ1v) is 6.60. The van der Waals surface area contributed by atoms with Crippen molar-refractivity contribution in [1.82, 2.24) is 24.9 Å². The zero-order valence-electron chi connectivity index (χ0n) is 12.0. The Labute approximate surface area is 128 Å². The first-order chi connectivity index (χ1) is 9.56. The molecule has 2 heterocycles. The molecule has 0 aliphatic carbocycles. The third-order valence-corrected chi connectivity index (χ3v) is 2.87. The second-order valence-corrected chi connectivity index (χ2v) is 4.88. The minimum absolute atomic E-state index is 0. The van der Waals surface area contributed by atoms with E-state index in [1.54, 1.807) is 18.5 Å². The number of aromatic nitrogens is 4. The summed E-state index contributed by atoms with van der Waals surface area (Å²) < 4.78 is 27.6. The Balaban J connectivity index is 0.00000220. The quantitative estimate of drug-likeness (QED) is 0.853. The fourth-order valence-corrected chi connectivity index (χ4v) is 2.01. The van der Waals surface area contributed by atoms with E-state index >= 15 is 0 Å². The monoisotopic (exact) mass is 319 g/mol. The molecular formula is C13H20ClF2N5. The van der Waals surface area contributed by atoms with E-state index in [1.165, 1.54) is 4.68 Å². The van der Waals surface area contributed by atoms with Gasteiger partial charge in [0.25, 0.3) is 6.43 Å². The van der Waals surface area contributed by atoms with Gasteiger partial charge in [-0.1, -0.05) is 0 Å². The molecule has 0 aliphatic heterocycles. The van der Waals surface area contributed by atoms with E-state index < -0.39 is 6.43 Å². The molecule has 0 bridgehead atoms. The minimum atomic E-state index is -2.38. The maximum absolute atomic E-state index is 12.2. The van der Waals surface area contributed by atoms with Gasteiger partial charge in [-0.05, 0) is 26.0 Å². The van der Waals surface area contributed by atoms with Gasteiger partial charge < -0.3 is 5.32 Å². The number of hydrogen-bond acceptors (Lipinski definition) is 3. The highest BCUT2D eigenvalue weighted by molar-refractivity contribution is 5.85. The molecule has 0 radical (unpaired) electrons. The van der Waals surface area contributed by atoms with Crippen molar-refractivity contribution in [3.05, 3.63) is 35.9 Å². The Kier molecular flexibility index (Phi) is 6.77. The summed E-state index contributed by atoms with van der Waals surface area (Å²) in [5, 5.41) is 11.6. The molecule has 0 unspecified atom stereocenters. The normalized spacial score (nSPS) is 11.1. The van der Waals surface area contributed by atoms with Gasteiger partial charge in [-0.15, -0.1) is 12.4 Å². The third-order valence-electron chi connectivity index (χ3n) is 2.87. The molecule has 5 nitrogen and oxygen atoms in total. The second-order valence-electron chi connectivity index (χ2n) is 4.88. The molecule has 0 amide bonds. The average molecular weight is 320 g/mol. The van der Waals surface area contributed by atoms with Crippen molar-refractivity contribution >= 4 is 12.4 Å². The van der Waals surface area contributed by atoms with Crippen LogP contribution in [0, 0.1) is 0 Å². The van der Waals surface area contributed by atoms with Crippen LogP contribution in [0.25, 0.3) is 0 Å². The molecule has 0 aliphatic rings. The Bertz CT molecular complexity index is 538. The molecule has 2 aromatic rings. The fourth-order valence-electron chi connectivity index (χ4n) is 2.01. The van der Waals surface area contributed by atoms with E-state index in [-0.39, 0.29) is 19.0 Å². The first-order valence-electron chi connectivity index (χ1n) is 6.60. The van der Waals surface area contributed by atoms with Gasteiger partial charge in [0, 0.05) is 31.5 Å². The van der Waals surface area contributed by atoms with Crippen LogP contribution in [-0.2, 0) is 19.6 Å². The highest BCUT2D eigenvalue weighted by Crippen LogP contribution is 2.08. The molecule has 21 heavy (non-hydrogen) atoms. The van der Waals surface area contributed by atoms with Gasteiger partial charge in [-0.3, -0.25) is 9.36 Å². The summed E-state index contributed by atoms with van der Waals surface area (Å²) >= 11 is 0. The number of nitrogens with zero attached hydrogens (tertiary/aromatic N) is 4. The molecule has 118 valence electrons. The van der Waals surface area contributed by atoms with Crippen molar-refractivity contribution in [3.63, 3.8) is 0 Å². The molecule has 0 aromatic carbocycles. The van der Waals surface area contributed by atoms with Gasteiger partial charge in [-0.2, -0.15) is 10.2 Å². The van der Waals surface area contributed by atoms with Crippen LogP contribution in [0.1, 0.15) is 31.3 Å². The highest BCUT2D eigenvalue weighted by Gasteiger charge is 2.07. The van der Waals surface area contributed by atoms with Gasteiger partial charge >= 0.3 is 0 Å². The van der Waals surface area contributed by atoms with Crippen LogP contribution in [-0.4, -0.2) is 26.0 Å². The molecule has 0 spiro atoms. The van der Waals surface area contributed by atoms with Crippen molar-refractivity contribution in [2.75, 3.05) is 0 Å². The molecule has 8 heteroatoms. The van der Waals surface area contributed by atoms with Gasteiger partial charge in [0.15, 0.2) is 0 Å². The lowest BCUT2D eigenvalue weighted by Crippen LogP contribution is -2.18. The Morgan fingerprint density at radius 1 is 1.24 bits per heavy atom. The summed E-state index contributed by atoms with van der Waals surface area (Å²) in [6.45, 7) is 4.99. The molecule has 0 fully saturated rings. The van der Waals surface area contributed by atoms with Crippen LogP contribution in [0.3, 0.4) is 0 Å². The molecule has 0 atom stereocenters. The molecule has 2 rings (SSSR count). The number of halogens is 3. The van der Waals surface area contributed by atoms with Gasteiger partial charge in [0.2, 0.25) is 0 Å². The zero-order valence-corrected chi connectivity index (χ0v) is 12.9. The topological polar surface area (TPSA) is 47.7 Å². The second kappa shape index (κ2) is 8.09. The maximum atomic E-state index is 12.2. The predicted octanol–water partition coefficient (Wildman–Crippen LogP) is 2.64. The van der Waals surface area contributed by atoms with E-state index in [0.717, 1.165) is 11.4 Å². The first kappa shape index (κ1) is 17.6. The van der Waals surface area contributed by atoms with Crippen molar-refractivity contribution in [1.29, 1.82) is 0 Å². The molecule has 1 N–H and O–H groups in total. The van der Waals surface area contributed by atoms with Crippen LogP contribution in [0.15, 0.2) is 24.5 Å². The number of rotatable bonds is 7. The third kappa shape index (κ3) is 5.09. The van der Waals surface area contributed by atoms with E-state index in [2.05, 4.69) is 29.4 Å². The number of hydrogen-bond donors (Lipinski definition) is 1. The number of alkyl halides is 2. The largest absolute Gasteiger partial charge is 0.305 e. The summed E-state index contributed by atoms with van der Waals surface area (Å²) in [5.74, 6) is 0. The zero-order chi connectivity index (χ0) is 14.5. The van der Waals surface area contributed by atoms with Crippen LogP contribution in [0.5, 0.6) is 0 Å². The lowest BCUT2D eigenvalue weighted by atomic mass is 10.3.